The second-order valence-corrected chi connectivity index (χ2v) is 6.54. The van der Waals surface area contributed by atoms with Crippen molar-refractivity contribution in [2.45, 2.75) is 25.9 Å². The van der Waals surface area contributed by atoms with E-state index in [0.29, 0.717) is 24.3 Å². The molecule has 0 saturated carbocycles. The smallest absolute Gasteiger partial charge is 0.422 e. The average molecular weight is 432 g/mol. The molecule has 0 radical (unpaired) electrons. The molecule has 1 saturated heterocycles. The van der Waals surface area contributed by atoms with Crippen LogP contribution in [0.3, 0.4) is 0 Å². The van der Waals surface area contributed by atoms with Crippen molar-refractivity contribution < 1.29 is 41.8 Å². The van der Waals surface area contributed by atoms with Gasteiger partial charge in [-0.05, 0) is 31.9 Å². The number of anilines is 1. The molecule has 0 atom stereocenters. The van der Waals surface area contributed by atoms with Gasteiger partial charge in [-0.3, -0.25) is 4.79 Å². The lowest BCUT2D eigenvalue weighted by atomic mass is 9.96. The Morgan fingerprint density at radius 3 is 2.50 bits per heavy atom. The Morgan fingerprint density at radius 2 is 1.87 bits per heavy atom. The zero-order chi connectivity index (χ0) is 22.1. The van der Waals surface area contributed by atoms with Crippen LogP contribution in [0.4, 0.5) is 23.7 Å². The lowest BCUT2D eigenvalue weighted by Gasteiger charge is -2.30. The van der Waals surface area contributed by atoms with Crippen molar-refractivity contribution in [3.05, 3.63) is 24.3 Å². The van der Waals surface area contributed by atoms with Crippen LogP contribution in [0.5, 0.6) is 5.75 Å². The van der Waals surface area contributed by atoms with Crippen molar-refractivity contribution in [1.29, 1.82) is 0 Å². The zero-order valence-electron chi connectivity index (χ0n) is 16.4. The van der Waals surface area contributed by atoms with E-state index in [1.807, 2.05) is 0 Å². The fourth-order valence-corrected chi connectivity index (χ4v) is 2.81. The quantitative estimate of drug-likeness (QED) is 0.666. The summed E-state index contributed by atoms with van der Waals surface area (Å²) in [6, 6.07) is 6.48. The van der Waals surface area contributed by atoms with Crippen LogP contribution in [0.15, 0.2) is 24.3 Å². The molecular formula is C19H23F3N2O6. The number of hydrogen-bond donors (Lipinski definition) is 1. The molecule has 0 bridgehead atoms. The van der Waals surface area contributed by atoms with Gasteiger partial charge in [-0.15, -0.1) is 0 Å². The Bertz CT molecular complexity index is 748. The minimum Gasteiger partial charge on any atom is -0.482 e. The summed E-state index contributed by atoms with van der Waals surface area (Å²) in [5.41, 5.74) is 0.466. The van der Waals surface area contributed by atoms with Gasteiger partial charge in [0, 0.05) is 30.8 Å². The summed E-state index contributed by atoms with van der Waals surface area (Å²) in [7, 11) is 0. The lowest BCUT2D eigenvalue weighted by molar-refractivity contribution is -0.162. The van der Waals surface area contributed by atoms with Gasteiger partial charge in [0.05, 0.1) is 6.61 Å². The van der Waals surface area contributed by atoms with E-state index < -0.39 is 30.8 Å². The standard InChI is InChI=1S/C19H23F3N2O6/c1-2-28-16(25)11-29-15-5-3-4-14(10-15)23-17(26)13-6-8-24(9-7-13)18(27)30-12-19(20,21)22/h3-5,10,13H,2,6-9,11-12H2,1H3,(H,23,26). The molecule has 0 aromatic heterocycles. The van der Waals surface area contributed by atoms with Crippen LogP contribution in [-0.2, 0) is 19.1 Å². The fraction of sp³-hybridized carbons (Fsp3) is 0.526. The molecule has 1 aliphatic rings. The summed E-state index contributed by atoms with van der Waals surface area (Å²) >= 11 is 0. The number of amides is 2. The Hall–Kier alpha value is -2.98. The summed E-state index contributed by atoms with van der Waals surface area (Å²) in [6.45, 7) is 0.283. The molecule has 11 heteroatoms. The van der Waals surface area contributed by atoms with E-state index in [9.17, 15) is 27.6 Å². The first-order valence-corrected chi connectivity index (χ1v) is 9.35. The Morgan fingerprint density at radius 1 is 1.17 bits per heavy atom. The molecule has 1 aromatic carbocycles. The van der Waals surface area contributed by atoms with Crippen molar-refractivity contribution >= 4 is 23.7 Å². The van der Waals surface area contributed by atoms with Crippen LogP contribution in [0.2, 0.25) is 0 Å². The third-order valence-corrected chi connectivity index (χ3v) is 4.25. The molecule has 166 valence electrons. The number of esters is 1. The molecule has 8 nitrogen and oxygen atoms in total. The van der Waals surface area contributed by atoms with Gasteiger partial charge in [-0.1, -0.05) is 6.07 Å². The first kappa shape index (κ1) is 23.3. The molecule has 1 aliphatic heterocycles. The first-order valence-electron chi connectivity index (χ1n) is 9.35. The van der Waals surface area contributed by atoms with Gasteiger partial charge in [0.15, 0.2) is 13.2 Å². The van der Waals surface area contributed by atoms with Crippen LogP contribution < -0.4 is 10.1 Å². The number of alkyl halides is 3. The summed E-state index contributed by atoms with van der Waals surface area (Å²) in [6.07, 6.45) is -5.03. The maximum atomic E-state index is 12.5. The predicted octanol–water partition coefficient (Wildman–Crippen LogP) is 2.98. The second-order valence-electron chi connectivity index (χ2n) is 6.54. The molecule has 0 spiro atoms. The number of piperidine rings is 1. The molecule has 1 fully saturated rings. The molecule has 0 aliphatic carbocycles. The van der Waals surface area contributed by atoms with Crippen molar-refractivity contribution in [2.75, 3.05) is 38.2 Å². The van der Waals surface area contributed by atoms with Gasteiger partial charge < -0.3 is 24.4 Å². The molecule has 2 rings (SSSR count). The normalized spacial score (nSPS) is 14.7. The number of hydrogen-bond acceptors (Lipinski definition) is 6. The largest absolute Gasteiger partial charge is 0.482 e. The minimum absolute atomic E-state index is 0.122. The van der Waals surface area contributed by atoms with Gasteiger partial charge in [-0.25, -0.2) is 9.59 Å². The van der Waals surface area contributed by atoms with Crippen molar-refractivity contribution in [3.63, 3.8) is 0 Å². The summed E-state index contributed by atoms with van der Waals surface area (Å²) in [5, 5.41) is 2.74. The van der Waals surface area contributed by atoms with Crippen LogP contribution >= 0.6 is 0 Å². The third-order valence-electron chi connectivity index (χ3n) is 4.25. The number of ether oxygens (including phenoxy) is 3. The number of carbonyl (C=O) groups excluding carboxylic acids is 3. The lowest BCUT2D eigenvalue weighted by Crippen LogP contribution is -2.42. The van der Waals surface area contributed by atoms with Gasteiger partial charge in [0.1, 0.15) is 5.75 Å². The average Bonchev–Trinajstić information content (AvgIpc) is 2.70. The van der Waals surface area contributed by atoms with Gasteiger partial charge >= 0.3 is 18.2 Å². The maximum absolute atomic E-state index is 12.5. The van der Waals surface area contributed by atoms with Gasteiger partial charge in [-0.2, -0.15) is 13.2 Å². The highest BCUT2D eigenvalue weighted by atomic mass is 19.4. The van der Waals surface area contributed by atoms with E-state index in [1.54, 1.807) is 31.2 Å². The number of likely N-dealkylation sites (tertiary alicyclic amines) is 1. The van der Waals surface area contributed by atoms with E-state index in [1.165, 1.54) is 0 Å². The molecular weight excluding hydrogens is 409 g/mol. The summed E-state index contributed by atoms with van der Waals surface area (Å²) in [5.74, 6) is -0.808. The highest BCUT2D eigenvalue weighted by molar-refractivity contribution is 5.92. The van der Waals surface area contributed by atoms with Crippen LogP contribution in [0.1, 0.15) is 19.8 Å². The molecule has 1 heterocycles. The molecule has 1 N–H and O–H groups in total. The van der Waals surface area contributed by atoms with Crippen LogP contribution in [-0.4, -0.2) is 62.0 Å². The highest BCUT2D eigenvalue weighted by Crippen LogP contribution is 2.23. The summed E-state index contributed by atoms with van der Waals surface area (Å²) in [4.78, 5) is 36.6. The predicted molar refractivity (Wildman–Crippen MR) is 98.9 cm³/mol. The Balaban J connectivity index is 1.80. The third kappa shape index (κ3) is 7.80. The minimum atomic E-state index is -4.58. The number of carbonyl (C=O) groups is 3. The van der Waals surface area contributed by atoms with E-state index in [4.69, 9.17) is 9.47 Å². The zero-order valence-corrected chi connectivity index (χ0v) is 16.4. The molecule has 1 aromatic rings. The van der Waals surface area contributed by atoms with Crippen molar-refractivity contribution in [2.24, 2.45) is 5.92 Å². The molecule has 2 amide bonds. The number of nitrogens with one attached hydrogen (secondary N) is 1. The van der Waals surface area contributed by atoms with Crippen molar-refractivity contribution in [3.8, 4) is 5.75 Å². The van der Waals surface area contributed by atoms with Crippen LogP contribution in [0, 0.1) is 5.92 Å². The molecule has 0 unspecified atom stereocenters. The number of nitrogens with zero attached hydrogens (tertiary/aromatic N) is 1. The number of halogens is 3. The SMILES string of the molecule is CCOC(=O)COc1cccc(NC(=O)C2CCN(C(=O)OCC(F)(F)F)CC2)c1. The fourth-order valence-electron chi connectivity index (χ4n) is 2.81. The van der Waals surface area contributed by atoms with E-state index in [0.717, 1.165) is 4.90 Å². The van der Waals surface area contributed by atoms with Gasteiger partial charge in [0.25, 0.3) is 0 Å². The number of rotatable bonds is 7. The summed E-state index contributed by atoms with van der Waals surface area (Å²) < 4.78 is 50.7. The van der Waals surface area contributed by atoms with Gasteiger partial charge in [0.2, 0.25) is 5.91 Å². The van der Waals surface area contributed by atoms with E-state index >= 15 is 0 Å². The van der Waals surface area contributed by atoms with E-state index in [-0.39, 0.29) is 32.2 Å². The van der Waals surface area contributed by atoms with Crippen molar-refractivity contribution in [1.82, 2.24) is 4.90 Å². The molecule has 30 heavy (non-hydrogen) atoms. The van der Waals surface area contributed by atoms with E-state index in [2.05, 4.69) is 10.1 Å². The monoisotopic (exact) mass is 432 g/mol. The topological polar surface area (TPSA) is 94.2 Å². The highest BCUT2D eigenvalue weighted by Gasteiger charge is 2.33. The Kier molecular flexibility index (Phi) is 8.31. The Labute approximate surface area is 171 Å². The van der Waals surface area contributed by atoms with Crippen LogP contribution in [0.25, 0.3) is 0 Å². The second kappa shape index (κ2) is 10.7. The number of benzene rings is 1. The first-order chi connectivity index (χ1) is 14.2. The maximum Gasteiger partial charge on any atom is 0.422 e.